The molecule has 0 spiro atoms. The summed E-state index contributed by atoms with van der Waals surface area (Å²) in [5.74, 6) is 1.90. The highest BCUT2D eigenvalue weighted by Gasteiger charge is 2.17. The van der Waals surface area contributed by atoms with Gasteiger partial charge in [-0.25, -0.2) is 4.98 Å². The number of aromatic nitrogens is 1. The highest BCUT2D eigenvalue weighted by atomic mass is 16.5. The Labute approximate surface area is 123 Å². The third kappa shape index (κ3) is 4.55. The van der Waals surface area contributed by atoms with Crippen LogP contribution in [0.5, 0.6) is 5.75 Å². The molecule has 0 aliphatic heterocycles. The predicted molar refractivity (Wildman–Crippen MR) is 86.0 cm³/mol. The molecule has 3 heteroatoms. The van der Waals surface area contributed by atoms with Crippen LogP contribution in [0.15, 0.2) is 18.2 Å². The minimum absolute atomic E-state index is 0.0475. The Morgan fingerprint density at radius 2 is 2.00 bits per heavy atom. The van der Waals surface area contributed by atoms with Crippen molar-refractivity contribution in [3.05, 3.63) is 29.5 Å². The number of hydrogen-bond donors (Lipinski definition) is 1. The molecule has 0 amide bonds. The maximum atomic E-state index is 5.97. The first-order valence-corrected chi connectivity index (χ1v) is 7.18. The number of pyridine rings is 1. The van der Waals surface area contributed by atoms with E-state index >= 15 is 0 Å². The summed E-state index contributed by atoms with van der Waals surface area (Å²) in [7, 11) is 0. The number of hydrogen-bond acceptors (Lipinski definition) is 3. The Kier molecular flexibility index (Phi) is 5.21. The van der Waals surface area contributed by atoms with E-state index in [1.807, 2.05) is 13.0 Å². The normalized spacial score (nSPS) is 11.8. The van der Waals surface area contributed by atoms with E-state index in [2.05, 4.69) is 46.2 Å². The van der Waals surface area contributed by atoms with Crippen molar-refractivity contribution in [1.29, 1.82) is 0 Å². The Morgan fingerprint density at radius 1 is 1.40 bits per heavy atom. The number of aryl methyl sites for hydroxylation is 1. The summed E-state index contributed by atoms with van der Waals surface area (Å²) >= 11 is 0. The smallest absolute Gasteiger partial charge is 0.128 e. The number of nitrogens with two attached hydrogens (primary N) is 1. The van der Waals surface area contributed by atoms with E-state index in [0.29, 0.717) is 18.3 Å². The summed E-state index contributed by atoms with van der Waals surface area (Å²) < 4.78 is 5.97. The maximum absolute atomic E-state index is 5.97. The first-order chi connectivity index (χ1) is 9.11. The first kappa shape index (κ1) is 16.5. The van der Waals surface area contributed by atoms with Crippen LogP contribution in [0.25, 0.3) is 0 Å². The van der Waals surface area contributed by atoms with E-state index in [4.69, 9.17) is 10.5 Å². The number of rotatable bonds is 5. The summed E-state index contributed by atoms with van der Waals surface area (Å²) in [4.78, 5) is 4.34. The van der Waals surface area contributed by atoms with Gasteiger partial charge >= 0.3 is 0 Å². The van der Waals surface area contributed by atoms with Crippen LogP contribution < -0.4 is 10.5 Å². The van der Waals surface area contributed by atoms with Crippen LogP contribution in [0, 0.1) is 18.3 Å². The van der Waals surface area contributed by atoms with Gasteiger partial charge in [0.15, 0.2) is 0 Å². The van der Waals surface area contributed by atoms with Gasteiger partial charge in [0.1, 0.15) is 18.2 Å². The average Bonchev–Trinajstić information content (AvgIpc) is 2.28. The van der Waals surface area contributed by atoms with Gasteiger partial charge in [-0.2, -0.15) is 0 Å². The van der Waals surface area contributed by atoms with Gasteiger partial charge in [-0.1, -0.05) is 41.2 Å². The molecular weight excluding hydrogens is 248 g/mol. The summed E-state index contributed by atoms with van der Waals surface area (Å²) in [5.41, 5.74) is 9.06. The van der Waals surface area contributed by atoms with E-state index in [1.54, 1.807) is 0 Å². The first-order valence-electron chi connectivity index (χ1n) is 7.18. The molecule has 112 valence electrons. The molecule has 1 heterocycles. The van der Waals surface area contributed by atoms with E-state index in [-0.39, 0.29) is 5.41 Å². The Balaban J connectivity index is 2.96. The lowest BCUT2D eigenvalue weighted by Gasteiger charge is -2.23. The molecule has 0 bridgehead atoms. The van der Waals surface area contributed by atoms with Gasteiger partial charge in [-0.05, 0) is 30.3 Å². The van der Waals surface area contributed by atoms with Gasteiger partial charge in [-0.15, -0.1) is 0 Å². The quantitative estimate of drug-likeness (QED) is 0.822. The Bertz CT molecular complexity index is 484. The number of nitrogens with zero attached hydrogens (tertiary/aromatic N) is 1. The van der Waals surface area contributed by atoms with Gasteiger partial charge < -0.3 is 10.5 Å². The lowest BCUT2D eigenvalue weighted by atomic mass is 9.88. The predicted octanol–water partition coefficient (Wildman–Crippen LogP) is 4.15. The van der Waals surface area contributed by atoms with E-state index in [9.17, 15) is 0 Å². The molecule has 0 aromatic carbocycles. The second-order valence-corrected chi connectivity index (χ2v) is 6.85. The van der Waals surface area contributed by atoms with Crippen molar-refractivity contribution in [3.8, 4) is 5.75 Å². The molecule has 20 heavy (non-hydrogen) atoms. The fraction of sp³-hybridized carbons (Fsp3) is 0.588. The van der Waals surface area contributed by atoms with E-state index in [0.717, 1.165) is 29.0 Å². The van der Waals surface area contributed by atoms with Crippen molar-refractivity contribution in [1.82, 2.24) is 4.98 Å². The SMILES string of the molecule is C=C(COc1cc(N)nc(C)c1CC(C)C)C(C)(C)C. The van der Waals surface area contributed by atoms with Crippen LogP contribution in [0.2, 0.25) is 0 Å². The van der Waals surface area contributed by atoms with Gasteiger partial charge in [0, 0.05) is 17.3 Å². The lowest BCUT2D eigenvalue weighted by molar-refractivity contribution is 0.311. The highest BCUT2D eigenvalue weighted by molar-refractivity contribution is 5.46. The van der Waals surface area contributed by atoms with Crippen LogP contribution in [0.3, 0.4) is 0 Å². The maximum Gasteiger partial charge on any atom is 0.128 e. The van der Waals surface area contributed by atoms with Crippen molar-refractivity contribution in [2.75, 3.05) is 12.3 Å². The molecule has 0 aliphatic carbocycles. The third-order valence-electron chi connectivity index (χ3n) is 3.38. The summed E-state index contributed by atoms with van der Waals surface area (Å²) in [6.07, 6.45) is 0.941. The molecule has 0 radical (unpaired) electrons. The zero-order chi connectivity index (χ0) is 15.5. The summed E-state index contributed by atoms with van der Waals surface area (Å²) in [6, 6.07) is 1.82. The van der Waals surface area contributed by atoms with Crippen molar-refractivity contribution >= 4 is 5.82 Å². The minimum Gasteiger partial charge on any atom is -0.489 e. The average molecular weight is 276 g/mol. The molecular formula is C17H28N2O. The molecule has 3 nitrogen and oxygen atoms in total. The fourth-order valence-corrected chi connectivity index (χ4v) is 1.86. The molecule has 0 unspecified atom stereocenters. The molecule has 0 fully saturated rings. The Morgan fingerprint density at radius 3 is 2.50 bits per heavy atom. The topological polar surface area (TPSA) is 48.1 Å². The molecule has 2 N–H and O–H groups in total. The van der Waals surface area contributed by atoms with Crippen molar-refractivity contribution in [2.45, 2.75) is 48.0 Å². The zero-order valence-corrected chi connectivity index (χ0v) is 13.7. The molecule has 0 saturated heterocycles. The minimum atomic E-state index is 0.0475. The fourth-order valence-electron chi connectivity index (χ4n) is 1.86. The Hall–Kier alpha value is -1.51. The van der Waals surface area contributed by atoms with Crippen LogP contribution in [-0.2, 0) is 6.42 Å². The van der Waals surface area contributed by atoms with E-state index < -0.39 is 0 Å². The van der Waals surface area contributed by atoms with Crippen LogP contribution in [0.4, 0.5) is 5.82 Å². The number of ether oxygens (including phenoxy) is 1. The van der Waals surface area contributed by atoms with Crippen molar-refractivity contribution < 1.29 is 4.74 Å². The molecule has 0 aliphatic rings. The molecule has 1 rings (SSSR count). The lowest BCUT2D eigenvalue weighted by Crippen LogP contribution is -2.16. The summed E-state index contributed by atoms with van der Waals surface area (Å²) in [6.45, 7) is 17.4. The number of nitrogen functional groups attached to an aromatic ring is 1. The van der Waals surface area contributed by atoms with Crippen LogP contribution >= 0.6 is 0 Å². The second kappa shape index (κ2) is 6.29. The van der Waals surface area contributed by atoms with Crippen LogP contribution in [-0.4, -0.2) is 11.6 Å². The van der Waals surface area contributed by atoms with Crippen LogP contribution in [0.1, 0.15) is 45.9 Å². The van der Waals surface area contributed by atoms with Gasteiger partial charge in [0.05, 0.1) is 0 Å². The third-order valence-corrected chi connectivity index (χ3v) is 3.38. The highest BCUT2D eigenvalue weighted by Crippen LogP contribution is 2.29. The van der Waals surface area contributed by atoms with Gasteiger partial charge in [0.2, 0.25) is 0 Å². The van der Waals surface area contributed by atoms with Gasteiger partial charge in [0.25, 0.3) is 0 Å². The van der Waals surface area contributed by atoms with E-state index in [1.165, 1.54) is 0 Å². The zero-order valence-electron chi connectivity index (χ0n) is 13.7. The second-order valence-electron chi connectivity index (χ2n) is 6.85. The molecule has 0 saturated carbocycles. The molecule has 0 atom stereocenters. The van der Waals surface area contributed by atoms with Crippen molar-refractivity contribution in [2.24, 2.45) is 11.3 Å². The standard InChI is InChI=1S/C17H28N2O/c1-11(2)8-14-13(4)19-16(18)9-15(14)20-10-12(3)17(5,6)7/h9,11H,3,8,10H2,1-2,4-7H3,(H2,18,19). The summed E-state index contributed by atoms with van der Waals surface area (Å²) in [5, 5.41) is 0. The van der Waals surface area contributed by atoms with Gasteiger partial charge in [-0.3, -0.25) is 0 Å². The number of anilines is 1. The molecule has 1 aromatic heterocycles. The largest absolute Gasteiger partial charge is 0.489 e. The van der Waals surface area contributed by atoms with Crippen molar-refractivity contribution in [3.63, 3.8) is 0 Å². The monoisotopic (exact) mass is 276 g/mol. The molecule has 1 aromatic rings.